The molecule has 2 nitrogen and oxygen atoms in total. The maximum Gasteiger partial charge on any atom is 0.0212 e. The van der Waals surface area contributed by atoms with Crippen LogP contribution in [0.3, 0.4) is 0 Å². The van der Waals surface area contributed by atoms with Gasteiger partial charge in [0.25, 0.3) is 0 Å². The number of rotatable bonds is 2. The van der Waals surface area contributed by atoms with E-state index in [1.807, 2.05) is 7.05 Å². The van der Waals surface area contributed by atoms with Crippen LogP contribution in [0.25, 0.3) is 0 Å². The van der Waals surface area contributed by atoms with Gasteiger partial charge in [-0.05, 0) is 19.9 Å². The van der Waals surface area contributed by atoms with Crippen LogP contribution in [0.2, 0.25) is 0 Å². The van der Waals surface area contributed by atoms with E-state index in [-0.39, 0.29) is 0 Å². The number of hydrogen-bond donors (Lipinski definition) is 2. The van der Waals surface area contributed by atoms with E-state index in [1.165, 1.54) is 38.5 Å². The minimum Gasteiger partial charge on any atom is -0.261 e. The molecule has 1 aliphatic rings. The van der Waals surface area contributed by atoms with Crippen LogP contribution >= 0.6 is 0 Å². The van der Waals surface area contributed by atoms with Crippen LogP contribution in [0.4, 0.5) is 0 Å². The molecule has 0 aromatic heterocycles. The molecular formula is C8H18N2. The highest BCUT2D eigenvalue weighted by Crippen LogP contribution is 2.16. The highest BCUT2D eigenvalue weighted by molar-refractivity contribution is 4.67. The summed E-state index contributed by atoms with van der Waals surface area (Å²) in [5, 5.41) is 0. The monoisotopic (exact) mass is 142 g/mol. The van der Waals surface area contributed by atoms with Crippen molar-refractivity contribution in [1.82, 2.24) is 10.9 Å². The number of nitrogens with one attached hydrogen (secondary N) is 2. The Kier molecular flexibility index (Phi) is 3.76. The SMILES string of the molecule is CNNC1CCCCCC1. The van der Waals surface area contributed by atoms with Gasteiger partial charge in [-0.1, -0.05) is 25.7 Å². The summed E-state index contributed by atoms with van der Waals surface area (Å²) in [4.78, 5) is 0. The van der Waals surface area contributed by atoms with Crippen molar-refractivity contribution in [2.75, 3.05) is 7.05 Å². The fourth-order valence-electron chi connectivity index (χ4n) is 1.63. The molecule has 0 atom stereocenters. The quantitative estimate of drug-likeness (QED) is 0.450. The van der Waals surface area contributed by atoms with E-state index in [0.29, 0.717) is 0 Å². The molecule has 1 rings (SSSR count). The summed E-state index contributed by atoms with van der Waals surface area (Å²) >= 11 is 0. The summed E-state index contributed by atoms with van der Waals surface area (Å²) in [5.74, 6) is 0. The third kappa shape index (κ3) is 2.67. The Morgan fingerprint density at radius 3 is 2.10 bits per heavy atom. The average molecular weight is 142 g/mol. The van der Waals surface area contributed by atoms with Crippen LogP contribution in [0.5, 0.6) is 0 Å². The van der Waals surface area contributed by atoms with Crippen LogP contribution < -0.4 is 10.9 Å². The van der Waals surface area contributed by atoms with Gasteiger partial charge in [-0.3, -0.25) is 10.9 Å². The maximum atomic E-state index is 3.27. The summed E-state index contributed by atoms with van der Waals surface area (Å²) in [7, 11) is 1.95. The molecule has 0 spiro atoms. The number of hydrogen-bond acceptors (Lipinski definition) is 2. The van der Waals surface area contributed by atoms with E-state index in [2.05, 4.69) is 10.9 Å². The fourth-order valence-corrected chi connectivity index (χ4v) is 1.63. The molecule has 0 aromatic carbocycles. The van der Waals surface area contributed by atoms with Crippen molar-refractivity contribution >= 4 is 0 Å². The van der Waals surface area contributed by atoms with Gasteiger partial charge >= 0.3 is 0 Å². The lowest BCUT2D eigenvalue weighted by atomic mass is 10.1. The van der Waals surface area contributed by atoms with Crippen LogP contribution in [0, 0.1) is 0 Å². The lowest BCUT2D eigenvalue weighted by Gasteiger charge is -2.14. The Hall–Kier alpha value is -0.0800. The topological polar surface area (TPSA) is 24.1 Å². The molecule has 1 saturated carbocycles. The van der Waals surface area contributed by atoms with Gasteiger partial charge in [0.1, 0.15) is 0 Å². The van der Waals surface area contributed by atoms with Gasteiger partial charge in [-0.15, -0.1) is 0 Å². The van der Waals surface area contributed by atoms with E-state index in [0.717, 1.165) is 6.04 Å². The Morgan fingerprint density at radius 2 is 1.60 bits per heavy atom. The van der Waals surface area contributed by atoms with E-state index < -0.39 is 0 Å². The first kappa shape index (κ1) is 8.02. The van der Waals surface area contributed by atoms with Gasteiger partial charge in [0.2, 0.25) is 0 Å². The highest BCUT2D eigenvalue weighted by Gasteiger charge is 2.09. The van der Waals surface area contributed by atoms with E-state index >= 15 is 0 Å². The van der Waals surface area contributed by atoms with Crippen molar-refractivity contribution in [3.8, 4) is 0 Å². The third-order valence-corrected chi connectivity index (χ3v) is 2.20. The molecule has 1 aliphatic carbocycles. The van der Waals surface area contributed by atoms with Gasteiger partial charge in [0.15, 0.2) is 0 Å². The van der Waals surface area contributed by atoms with Gasteiger partial charge in [-0.25, -0.2) is 0 Å². The minimum absolute atomic E-state index is 0.729. The highest BCUT2D eigenvalue weighted by atomic mass is 15.3. The summed E-state index contributed by atoms with van der Waals surface area (Å²) in [5.41, 5.74) is 6.29. The van der Waals surface area contributed by atoms with Crippen molar-refractivity contribution in [2.24, 2.45) is 0 Å². The van der Waals surface area contributed by atoms with Crippen LogP contribution in [-0.4, -0.2) is 13.1 Å². The molecule has 1 fully saturated rings. The second-order valence-corrected chi connectivity index (χ2v) is 3.08. The lowest BCUT2D eigenvalue weighted by Crippen LogP contribution is -2.37. The van der Waals surface area contributed by atoms with E-state index in [4.69, 9.17) is 0 Å². The van der Waals surface area contributed by atoms with Gasteiger partial charge < -0.3 is 0 Å². The first-order valence-corrected chi connectivity index (χ1v) is 4.36. The molecule has 0 aliphatic heterocycles. The first-order chi connectivity index (χ1) is 4.93. The third-order valence-electron chi connectivity index (χ3n) is 2.20. The molecular weight excluding hydrogens is 124 g/mol. The molecule has 60 valence electrons. The zero-order valence-electron chi connectivity index (χ0n) is 6.82. The van der Waals surface area contributed by atoms with Crippen LogP contribution in [0.1, 0.15) is 38.5 Å². The summed E-state index contributed by atoms with van der Waals surface area (Å²) in [6, 6.07) is 0.729. The standard InChI is InChI=1S/C8H18N2/c1-9-10-8-6-4-2-3-5-7-8/h8-10H,2-7H2,1H3. The van der Waals surface area contributed by atoms with Crippen molar-refractivity contribution < 1.29 is 0 Å². The van der Waals surface area contributed by atoms with Crippen molar-refractivity contribution in [3.63, 3.8) is 0 Å². The Bertz CT molecular complexity index is 75.3. The predicted molar refractivity (Wildman–Crippen MR) is 43.7 cm³/mol. The minimum atomic E-state index is 0.729. The molecule has 0 aromatic rings. The van der Waals surface area contributed by atoms with E-state index in [9.17, 15) is 0 Å². The van der Waals surface area contributed by atoms with Crippen molar-refractivity contribution in [2.45, 2.75) is 44.6 Å². The summed E-state index contributed by atoms with van der Waals surface area (Å²) in [6.45, 7) is 0. The maximum absolute atomic E-state index is 3.27. The molecule has 0 radical (unpaired) electrons. The van der Waals surface area contributed by atoms with Crippen LogP contribution in [-0.2, 0) is 0 Å². The molecule has 0 saturated heterocycles. The zero-order valence-corrected chi connectivity index (χ0v) is 6.82. The van der Waals surface area contributed by atoms with Crippen molar-refractivity contribution in [3.05, 3.63) is 0 Å². The van der Waals surface area contributed by atoms with Gasteiger partial charge in [0, 0.05) is 6.04 Å². The zero-order chi connectivity index (χ0) is 7.23. The molecule has 0 bridgehead atoms. The largest absolute Gasteiger partial charge is 0.261 e. The lowest BCUT2D eigenvalue weighted by molar-refractivity contribution is 0.418. The first-order valence-electron chi connectivity index (χ1n) is 4.36. The van der Waals surface area contributed by atoms with Gasteiger partial charge in [-0.2, -0.15) is 0 Å². The Morgan fingerprint density at radius 1 is 1.00 bits per heavy atom. The van der Waals surface area contributed by atoms with Crippen molar-refractivity contribution in [1.29, 1.82) is 0 Å². The van der Waals surface area contributed by atoms with Gasteiger partial charge in [0.05, 0.1) is 0 Å². The normalized spacial score (nSPS) is 22.5. The summed E-state index contributed by atoms with van der Waals surface area (Å²) in [6.07, 6.45) is 8.37. The molecule has 2 N–H and O–H groups in total. The molecule has 0 unspecified atom stereocenters. The predicted octanol–water partition coefficient (Wildman–Crippen LogP) is 1.43. The Balaban J connectivity index is 2.15. The van der Waals surface area contributed by atoms with E-state index in [1.54, 1.807) is 0 Å². The second-order valence-electron chi connectivity index (χ2n) is 3.08. The molecule has 0 heterocycles. The fraction of sp³-hybridized carbons (Fsp3) is 1.00. The summed E-state index contributed by atoms with van der Waals surface area (Å²) < 4.78 is 0. The van der Waals surface area contributed by atoms with Crippen LogP contribution in [0.15, 0.2) is 0 Å². The molecule has 0 amide bonds. The second kappa shape index (κ2) is 4.69. The smallest absolute Gasteiger partial charge is 0.0212 e. The molecule has 10 heavy (non-hydrogen) atoms. The Labute approximate surface area is 63.4 Å². The molecule has 2 heteroatoms. The average Bonchev–Trinajstić information content (AvgIpc) is 2.17. The number of hydrazine groups is 1.